The lowest BCUT2D eigenvalue weighted by molar-refractivity contribution is -0.0516. The first kappa shape index (κ1) is 9.33. The summed E-state index contributed by atoms with van der Waals surface area (Å²) in [5.41, 5.74) is 2.45. The van der Waals surface area contributed by atoms with Crippen LogP contribution in [0.25, 0.3) is 0 Å². The highest BCUT2D eigenvalue weighted by molar-refractivity contribution is 5.39. The van der Waals surface area contributed by atoms with Gasteiger partial charge in [-0.05, 0) is 11.1 Å². The minimum absolute atomic E-state index is 0.00468. The Kier molecular flexibility index (Phi) is 2.06. The number of epoxide rings is 1. The molecule has 0 radical (unpaired) electrons. The van der Waals surface area contributed by atoms with Crippen LogP contribution in [-0.4, -0.2) is 26.4 Å². The lowest BCUT2D eigenvalue weighted by atomic mass is 9.87. The molecule has 0 N–H and O–H groups in total. The van der Waals surface area contributed by atoms with E-state index in [1.54, 1.807) is 14.2 Å². The predicted molar refractivity (Wildman–Crippen MR) is 54.6 cm³/mol. The molecule has 0 aromatic heterocycles. The molecule has 80 valence electrons. The molecule has 1 heterocycles. The summed E-state index contributed by atoms with van der Waals surface area (Å²) in [6.45, 7) is 0. The van der Waals surface area contributed by atoms with Crippen molar-refractivity contribution >= 4 is 0 Å². The Morgan fingerprint density at radius 3 is 2.47 bits per heavy atom. The van der Waals surface area contributed by atoms with Crippen LogP contribution in [-0.2, 0) is 14.2 Å². The Balaban J connectivity index is 2.06. The van der Waals surface area contributed by atoms with Gasteiger partial charge in [0.15, 0.2) is 0 Å². The van der Waals surface area contributed by atoms with Crippen molar-refractivity contribution in [2.75, 3.05) is 14.2 Å². The normalized spacial score (nSPS) is 36.9. The molecule has 0 unspecified atom stereocenters. The molecule has 0 amide bonds. The minimum Gasteiger partial charge on any atom is -0.376 e. The summed E-state index contributed by atoms with van der Waals surface area (Å²) >= 11 is 0. The molecule has 1 aliphatic carbocycles. The Morgan fingerprint density at radius 1 is 1.07 bits per heavy atom. The van der Waals surface area contributed by atoms with E-state index in [9.17, 15) is 0 Å². The Bertz CT molecular complexity index is 377. The van der Waals surface area contributed by atoms with Gasteiger partial charge < -0.3 is 14.2 Å². The fraction of sp³-hybridized carbons (Fsp3) is 0.500. The third-order valence-electron chi connectivity index (χ3n) is 3.28. The maximum atomic E-state index is 5.63. The van der Waals surface area contributed by atoms with Gasteiger partial charge in [0.2, 0.25) is 0 Å². The van der Waals surface area contributed by atoms with Crippen LogP contribution >= 0.6 is 0 Å². The molecule has 3 rings (SSSR count). The lowest BCUT2D eigenvalue weighted by Gasteiger charge is -2.28. The number of hydrogen-bond acceptors (Lipinski definition) is 3. The number of hydrogen-bond donors (Lipinski definition) is 0. The molecule has 1 aromatic rings. The zero-order chi connectivity index (χ0) is 10.4. The number of rotatable bonds is 2. The lowest BCUT2D eigenvalue weighted by Crippen LogP contribution is -2.32. The van der Waals surface area contributed by atoms with Crippen molar-refractivity contribution in [1.29, 1.82) is 0 Å². The van der Waals surface area contributed by atoms with E-state index in [-0.39, 0.29) is 24.4 Å². The standard InChI is InChI=1S/C12H14O3/c1-13-9-7-5-3-4-6-8(7)10-12(15-10)11(9)14-2/h3-6,9-12H,1-2H3/t9-,10+,11+,12+/m0/s1. The monoisotopic (exact) mass is 206 g/mol. The third-order valence-corrected chi connectivity index (χ3v) is 3.28. The largest absolute Gasteiger partial charge is 0.376 e. The van der Waals surface area contributed by atoms with Gasteiger partial charge in [0.05, 0.1) is 0 Å². The summed E-state index contributed by atoms with van der Waals surface area (Å²) in [6.07, 6.45) is 0.414. The zero-order valence-corrected chi connectivity index (χ0v) is 8.84. The van der Waals surface area contributed by atoms with Crippen molar-refractivity contribution in [2.24, 2.45) is 0 Å². The second-order valence-corrected chi connectivity index (χ2v) is 4.01. The van der Waals surface area contributed by atoms with Gasteiger partial charge in [0.25, 0.3) is 0 Å². The molecule has 1 saturated heterocycles. The van der Waals surface area contributed by atoms with E-state index in [1.165, 1.54) is 11.1 Å². The highest BCUT2D eigenvalue weighted by Crippen LogP contribution is 2.52. The maximum absolute atomic E-state index is 5.63. The first-order valence-corrected chi connectivity index (χ1v) is 5.16. The summed E-state index contributed by atoms with van der Waals surface area (Å²) < 4.78 is 16.6. The van der Waals surface area contributed by atoms with Crippen LogP contribution in [0.5, 0.6) is 0 Å². The van der Waals surface area contributed by atoms with E-state index in [4.69, 9.17) is 14.2 Å². The average molecular weight is 206 g/mol. The fourth-order valence-corrected chi connectivity index (χ4v) is 2.52. The van der Waals surface area contributed by atoms with Gasteiger partial charge in [-0.2, -0.15) is 0 Å². The van der Waals surface area contributed by atoms with Crippen LogP contribution in [0.1, 0.15) is 23.3 Å². The van der Waals surface area contributed by atoms with Crippen LogP contribution in [0, 0.1) is 0 Å². The van der Waals surface area contributed by atoms with Crippen LogP contribution in [0.2, 0.25) is 0 Å². The van der Waals surface area contributed by atoms with E-state index in [1.807, 2.05) is 12.1 Å². The molecule has 1 aliphatic heterocycles. The summed E-state index contributed by atoms with van der Waals surface area (Å²) in [7, 11) is 3.43. The quantitative estimate of drug-likeness (QED) is 0.692. The number of ether oxygens (including phenoxy) is 3. The fourth-order valence-electron chi connectivity index (χ4n) is 2.52. The van der Waals surface area contributed by atoms with Gasteiger partial charge in [0, 0.05) is 14.2 Å². The molecule has 1 aromatic carbocycles. The smallest absolute Gasteiger partial charge is 0.118 e. The van der Waals surface area contributed by atoms with Crippen LogP contribution in [0.4, 0.5) is 0 Å². The summed E-state index contributed by atoms with van der Waals surface area (Å²) in [6, 6.07) is 8.27. The van der Waals surface area contributed by atoms with Gasteiger partial charge in [-0.15, -0.1) is 0 Å². The second kappa shape index (κ2) is 3.30. The molecule has 3 heteroatoms. The van der Waals surface area contributed by atoms with Crippen molar-refractivity contribution in [3.63, 3.8) is 0 Å². The van der Waals surface area contributed by atoms with E-state index in [2.05, 4.69) is 12.1 Å². The van der Waals surface area contributed by atoms with Crippen molar-refractivity contribution in [1.82, 2.24) is 0 Å². The molecule has 4 atom stereocenters. The topological polar surface area (TPSA) is 31.0 Å². The van der Waals surface area contributed by atoms with Crippen molar-refractivity contribution in [2.45, 2.75) is 24.4 Å². The SMILES string of the molecule is CO[C@H]1[C@@H]2O[C@@H]2c2ccccc2[C@@H]1OC. The molecular formula is C12H14O3. The second-order valence-electron chi connectivity index (χ2n) is 4.01. The van der Waals surface area contributed by atoms with E-state index < -0.39 is 0 Å². The maximum Gasteiger partial charge on any atom is 0.118 e. The Labute approximate surface area is 89.0 Å². The first-order chi connectivity index (χ1) is 7.36. The first-order valence-electron chi connectivity index (χ1n) is 5.16. The van der Waals surface area contributed by atoms with Crippen molar-refractivity contribution in [3.05, 3.63) is 35.4 Å². The zero-order valence-electron chi connectivity index (χ0n) is 8.84. The highest BCUT2D eigenvalue weighted by Gasteiger charge is 2.54. The molecule has 0 spiro atoms. The average Bonchev–Trinajstić information content (AvgIpc) is 3.07. The number of methoxy groups -OCH3 is 2. The van der Waals surface area contributed by atoms with Crippen LogP contribution in [0.3, 0.4) is 0 Å². The van der Waals surface area contributed by atoms with Gasteiger partial charge >= 0.3 is 0 Å². The van der Waals surface area contributed by atoms with Crippen LogP contribution < -0.4 is 0 Å². The van der Waals surface area contributed by atoms with E-state index in [0.29, 0.717) is 0 Å². The molecule has 15 heavy (non-hydrogen) atoms. The predicted octanol–water partition coefficient (Wildman–Crippen LogP) is 1.84. The van der Waals surface area contributed by atoms with Gasteiger partial charge in [-0.3, -0.25) is 0 Å². The molecular weight excluding hydrogens is 192 g/mol. The highest BCUT2D eigenvalue weighted by atomic mass is 16.6. The molecule has 0 saturated carbocycles. The minimum atomic E-state index is -0.00468. The van der Waals surface area contributed by atoms with Gasteiger partial charge in [-0.25, -0.2) is 0 Å². The Hall–Kier alpha value is -0.900. The van der Waals surface area contributed by atoms with Gasteiger partial charge in [0.1, 0.15) is 24.4 Å². The molecule has 2 aliphatic rings. The Morgan fingerprint density at radius 2 is 1.80 bits per heavy atom. The number of fused-ring (bicyclic) bond motifs is 3. The number of benzene rings is 1. The molecule has 3 nitrogen and oxygen atoms in total. The summed E-state index contributed by atoms with van der Waals surface area (Å²) in [5.74, 6) is 0. The summed E-state index contributed by atoms with van der Waals surface area (Å²) in [4.78, 5) is 0. The van der Waals surface area contributed by atoms with Gasteiger partial charge in [-0.1, -0.05) is 24.3 Å². The summed E-state index contributed by atoms with van der Waals surface area (Å²) in [5, 5.41) is 0. The molecule has 1 fully saturated rings. The molecule has 0 bridgehead atoms. The van der Waals surface area contributed by atoms with Crippen molar-refractivity contribution in [3.8, 4) is 0 Å². The van der Waals surface area contributed by atoms with E-state index in [0.717, 1.165) is 0 Å². The van der Waals surface area contributed by atoms with Crippen molar-refractivity contribution < 1.29 is 14.2 Å². The third kappa shape index (κ3) is 1.24. The van der Waals surface area contributed by atoms with E-state index >= 15 is 0 Å². The van der Waals surface area contributed by atoms with Crippen LogP contribution in [0.15, 0.2) is 24.3 Å².